The topological polar surface area (TPSA) is 39.2 Å². The van der Waals surface area contributed by atoms with Crippen molar-refractivity contribution in [3.8, 4) is 0 Å². The Hall–Kier alpha value is -1.58. The molecule has 3 rings (SSSR count). The number of esters is 1. The zero-order valence-electron chi connectivity index (χ0n) is 19.9. The average Bonchev–Trinajstić information content (AvgIpc) is 3.29. The number of rotatable bonds is 11. The molecule has 0 spiro atoms. The van der Waals surface area contributed by atoms with E-state index in [9.17, 15) is 18.0 Å². The summed E-state index contributed by atoms with van der Waals surface area (Å²) in [6.07, 6.45) is 0.0180. The van der Waals surface area contributed by atoms with Crippen LogP contribution in [-0.2, 0) is 22.1 Å². The van der Waals surface area contributed by atoms with Gasteiger partial charge in [0.1, 0.15) is 4.34 Å². The zero-order chi connectivity index (χ0) is 24.9. The van der Waals surface area contributed by atoms with Gasteiger partial charge in [-0.25, -0.2) is 4.98 Å². The minimum atomic E-state index is -4.33. The maximum absolute atomic E-state index is 13.2. The first-order valence-corrected chi connectivity index (χ1v) is 14.1. The molecule has 0 bridgehead atoms. The molecule has 1 atom stereocenters. The second-order valence-corrected chi connectivity index (χ2v) is 11.8. The molecule has 0 aliphatic carbocycles. The van der Waals surface area contributed by atoms with E-state index in [-0.39, 0.29) is 12.4 Å². The summed E-state index contributed by atoms with van der Waals surface area (Å²) in [5.41, 5.74) is 1.37. The molecule has 0 aliphatic rings. The molecule has 0 aliphatic heterocycles. The smallest absolute Gasteiger partial charge is 0.416 e. The lowest BCUT2D eigenvalue weighted by Crippen LogP contribution is -2.07. The van der Waals surface area contributed by atoms with Crippen molar-refractivity contribution in [3.63, 3.8) is 0 Å². The number of aryl methyl sites for hydroxylation is 2. The minimum Gasteiger partial charge on any atom is -0.466 e. The predicted molar refractivity (Wildman–Crippen MR) is 136 cm³/mol. The van der Waals surface area contributed by atoms with Crippen molar-refractivity contribution in [2.24, 2.45) is 0 Å². The van der Waals surface area contributed by atoms with Crippen LogP contribution in [0.2, 0.25) is 0 Å². The monoisotopic (exact) mass is 529 g/mol. The molecular formula is C25H30F3NO2S3. The molecule has 0 N–H and O–H groups in total. The summed E-state index contributed by atoms with van der Waals surface area (Å²) >= 11 is 4.72. The number of aromatic nitrogens is 1. The number of benzene rings is 1. The van der Waals surface area contributed by atoms with Gasteiger partial charge in [-0.05, 0) is 62.6 Å². The number of thiophene rings is 1. The molecule has 9 heteroatoms. The summed E-state index contributed by atoms with van der Waals surface area (Å²) in [6, 6.07) is 4.08. The van der Waals surface area contributed by atoms with Crippen molar-refractivity contribution in [1.82, 2.24) is 4.98 Å². The van der Waals surface area contributed by atoms with Gasteiger partial charge in [-0.3, -0.25) is 4.79 Å². The van der Waals surface area contributed by atoms with Crippen molar-refractivity contribution in [2.75, 3.05) is 12.4 Å². The standard InChI is InChI=1S/C25H30F3NO2S3/c1-5-7-8-17(11-12-32-24-29-16(4)20(34-24)14-22(30)31-6-2)23-15(3)19-10-9-18(25(26,27)28)13-21(19)33-23/h9-10,13,17H,5-8,11-12,14H2,1-4H3. The fourth-order valence-corrected chi connectivity index (χ4v) is 7.69. The number of hydrogen-bond donors (Lipinski definition) is 0. The molecule has 0 saturated heterocycles. The molecule has 2 aromatic heterocycles. The number of carbonyl (C=O) groups is 1. The number of thioether (sulfide) groups is 1. The summed E-state index contributed by atoms with van der Waals surface area (Å²) in [5, 5.41) is 0.918. The van der Waals surface area contributed by atoms with Gasteiger partial charge >= 0.3 is 12.1 Å². The van der Waals surface area contributed by atoms with E-state index in [2.05, 4.69) is 11.9 Å². The summed E-state index contributed by atoms with van der Waals surface area (Å²) in [5.74, 6) is 0.931. The third-order valence-corrected chi connectivity index (χ3v) is 9.51. The van der Waals surface area contributed by atoms with Crippen LogP contribution in [0.3, 0.4) is 0 Å². The first-order valence-electron chi connectivity index (χ1n) is 11.5. The molecule has 1 aromatic carbocycles. The van der Waals surface area contributed by atoms with Gasteiger partial charge in [-0.2, -0.15) is 13.2 Å². The van der Waals surface area contributed by atoms with Crippen molar-refractivity contribution in [1.29, 1.82) is 0 Å². The van der Waals surface area contributed by atoms with Gasteiger partial charge in [0.05, 0.1) is 24.3 Å². The van der Waals surface area contributed by atoms with Crippen LogP contribution in [0, 0.1) is 13.8 Å². The summed E-state index contributed by atoms with van der Waals surface area (Å²) in [6.45, 7) is 8.25. The van der Waals surface area contributed by atoms with Gasteiger partial charge in [0.25, 0.3) is 0 Å². The van der Waals surface area contributed by atoms with Crippen LogP contribution in [0.5, 0.6) is 0 Å². The Morgan fingerprint density at radius 2 is 1.94 bits per heavy atom. The molecule has 186 valence electrons. The number of unbranched alkanes of at least 4 members (excludes halogenated alkanes) is 1. The molecule has 0 amide bonds. The highest BCUT2D eigenvalue weighted by molar-refractivity contribution is 8.01. The Morgan fingerprint density at radius 1 is 1.18 bits per heavy atom. The quantitative estimate of drug-likeness (QED) is 0.184. The fourth-order valence-electron chi connectivity index (χ4n) is 3.93. The molecule has 0 fully saturated rings. The molecule has 0 saturated carbocycles. The largest absolute Gasteiger partial charge is 0.466 e. The number of thiazole rings is 1. The molecule has 3 nitrogen and oxygen atoms in total. The van der Waals surface area contributed by atoms with Gasteiger partial charge in [-0.15, -0.1) is 22.7 Å². The first kappa shape index (κ1) is 27.0. The van der Waals surface area contributed by atoms with E-state index in [1.54, 1.807) is 24.8 Å². The normalized spacial score (nSPS) is 12.9. The summed E-state index contributed by atoms with van der Waals surface area (Å²) in [7, 11) is 0. The number of fused-ring (bicyclic) bond motifs is 1. The first-order chi connectivity index (χ1) is 16.1. The van der Waals surface area contributed by atoms with E-state index in [0.29, 0.717) is 17.2 Å². The van der Waals surface area contributed by atoms with Crippen LogP contribution in [0.25, 0.3) is 10.1 Å². The number of ether oxygens (including phenoxy) is 1. The van der Waals surface area contributed by atoms with E-state index < -0.39 is 11.7 Å². The fraction of sp³-hybridized carbons (Fsp3) is 0.520. The Morgan fingerprint density at radius 3 is 2.62 bits per heavy atom. The van der Waals surface area contributed by atoms with Gasteiger partial charge in [0, 0.05) is 20.2 Å². The van der Waals surface area contributed by atoms with E-state index in [4.69, 9.17) is 4.74 Å². The Bertz CT molecular complexity index is 1120. The highest BCUT2D eigenvalue weighted by atomic mass is 32.2. The second-order valence-electron chi connectivity index (χ2n) is 8.25. The lowest BCUT2D eigenvalue weighted by molar-refractivity contribution is -0.142. The van der Waals surface area contributed by atoms with Gasteiger partial charge < -0.3 is 4.74 Å². The number of carbonyl (C=O) groups excluding carboxylic acids is 1. The number of nitrogens with zero attached hydrogens (tertiary/aromatic N) is 1. The number of halogens is 3. The van der Waals surface area contributed by atoms with Crippen LogP contribution in [0.4, 0.5) is 13.2 Å². The summed E-state index contributed by atoms with van der Waals surface area (Å²) in [4.78, 5) is 18.5. The Labute approximate surface area is 211 Å². The van der Waals surface area contributed by atoms with Crippen molar-refractivity contribution < 1.29 is 22.7 Å². The molecule has 1 unspecified atom stereocenters. The van der Waals surface area contributed by atoms with Gasteiger partial charge in [0.15, 0.2) is 0 Å². The van der Waals surface area contributed by atoms with Crippen molar-refractivity contribution >= 4 is 50.5 Å². The van der Waals surface area contributed by atoms with E-state index >= 15 is 0 Å². The maximum atomic E-state index is 13.2. The third kappa shape index (κ3) is 6.76. The van der Waals surface area contributed by atoms with Crippen LogP contribution in [-0.4, -0.2) is 23.3 Å². The molecule has 2 heterocycles. The highest BCUT2D eigenvalue weighted by Crippen LogP contribution is 2.42. The Kier molecular flexibility index (Phi) is 9.46. The van der Waals surface area contributed by atoms with Crippen LogP contribution >= 0.6 is 34.4 Å². The van der Waals surface area contributed by atoms with E-state index in [1.165, 1.54) is 39.7 Å². The summed E-state index contributed by atoms with van der Waals surface area (Å²) < 4.78 is 46.2. The average molecular weight is 530 g/mol. The highest BCUT2D eigenvalue weighted by Gasteiger charge is 2.31. The predicted octanol–water partition coefficient (Wildman–Crippen LogP) is 8.56. The van der Waals surface area contributed by atoms with Crippen LogP contribution in [0.15, 0.2) is 22.5 Å². The number of hydrogen-bond acceptors (Lipinski definition) is 6. The van der Waals surface area contributed by atoms with E-state index in [0.717, 1.165) is 57.3 Å². The minimum absolute atomic E-state index is 0.237. The molecule has 34 heavy (non-hydrogen) atoms. The zero-order valence-corrected chi connectivity index (χ0v) is 22.3. The Balaban J connectivity index is 1.73. The van der Waals surface area contributed by atoms with E-state index in [1.807, 2.05) is 13.8 Å². The second kappa shape index (κ2) is 11.9. The van der Waals surface area contributed by atoms with Gasteiger partial charge in [-0.1, -0.05) is 37.6 Å². The van der Waals surface area contributed by atoms with Crippen molar-refractivity contribution in [2.45, 2.75) is 76.2 Å². The molecular weight excluding hydrogens is 499 g/mol. The third-order valence-electron chi connectivity index (χ3n) is 5.75. The lowest BCUT2D eigenvalue weighted by atomic mass is 9.94. The maximum Gasteiger partial charge on any atom is 0.416 e. The number of alkyl halides is 3. The van der Waals surface area contributed by atoms with Crippen molar-refractivity contribution in [3.05, 3.63) is 44.8 Å². The SMILES string of the molecule is CCCCC(CCSc1nc(C)c(CC(=O)OCC)s1)c1sc2cc(C(F)(F)F)ccc2c1C. The van der Waals surface area contributed by atoms with Gasteiger partial charge in [0.2, 0.25) is 0 Å². The van der Waals surface area contributed by atoms with Crippen LogP contribution in [0.1, 0.15) is 72.0 Å². The lowest BCUT2D eigenvalue weighted by Gasteiger charge is -2.16. The molecule has 3 aromatic rings. The molecule has 0 radical (unpaired) electrons. The van der Waals surface area contributed by atoms with Crippen LogP contribution < -0.4 is 0 Å².